The zero-order chi connectivity index (χ0) is 41.4. The number of hydrogen-bond donors (Lipinski definition) is 0. The van der Waals surface area contributed by atoms with Crippen molar-refractivity contribution in [3.05, 3.63) is 231 Å². The molecular weight excluding hydrogens is 781 g/mol. The highest BCUT2D eigenvalue weighted by Gasteiger charge is 2.20. The molecule has 2 nitrogen and oxygen atoms in total. The lowest BCUT2D eigenvalue weighted by atomic mass is 10.0. The Morgan fingerprint density at radius 1 is 0.317 bits per heavy atom. The van der Waals surface area contributed by atoms with Crippen LogP contribution in [-0.4, -0.2) is 4.57 Å². The van der Waals surface area contributed by atoms with Gasteiger partial charge in [0, 0.05) is 48.7 Å². The van der Waals surface area contributed by atoms with Crippen LogP contribution in [0.1, 0.15) is 0 Å². The number of aromatic nitrogens is 1. The predicted molar refractivity (Wildman–Crippen MR) is 272 cm³/mol. The molecule has 0 amide bonds. The van der Waals surface area contributed by atoms with Crippen LogP contribution in [0.5, 0.6) is 0 Å². The molecule has 0 aliphatic carbocycles. The van der Waals surface area contributed by atoms with Crippen LogP contribution in [0.25, 0.3) is 102 Å². The fourth-order valence-corrected chi connectivity index (χ4v) is 11.2. The van der Waals surface area contributed by atoms with Crippen molar-refractivity contribution in [3.8, 4) is 27.9 Å². The van der Waals surface area contributed by atoms with Crippen molar-refractivity contribution < 1.29 is 0 Å². The molecule has 2 aromatic heterocycles. The van der Waals surface area contributed by atoms with Gasteiger partial charge in [0.05, 0.1) is 21.4 Å². The van der Waals surface area contributed by atoms with Crippen LogP contribution in [0, 0.1) is 0 Å². The number of anilines is 3. The van der Waals surface area contributed by atoms with Gasteiger partial charge in [-0.15, -0.1) is 11.3 Å². The zero-order valence-electron chi connectivity index (χ0n) is 34.2. The first-order valence-electron chi connectivity index (χ1n) is 21.6. The van der Waals surface area contributed by atoms with Gasteiger partial charge < -0.3 is 9.47 Å². The molecule has 3 heteroatoms. The minimum Gasteiger partial charge on any atom is -0.309 e. The summed E-state index contributed by atoms with van der Waals surface area (Å²) in [6, 6.07) is 84.7. The SMILES string of the molecule is c1ccc(-n2c3cc(-c4ccc(N(c5ccc(-c6ccc7ccccc7c6)cc5)c5cccc6c5sc5c7ccccc7ccc65)cc4)ccc3c3ccc4ccccc4c32)cc1. The van der Waals surface area contributed by atoms with Crippen LogP contribution in [-0.2, 0) is 0 Å². The maximum Gasteiger partial charge on any atom is 0.0640 e. The quantitative estimate of drug-likeness (QED) is 0.162. The van der Waals surface area contributed by atoms with E-state index < -0.39 is 0 Å². The van der Waals surface area contributed by atoms with E-state index in [2.05, 4.69) is 240 Å². The van der Waals surface area contributed by atoms with Crippen LogP contribution in [0.2, 0.25) is 0 Å². The Labute approximate surface area is 368 Å². The summed E-state index contributed by atoms with van der Waals surface area (Å²) in [4.78, 5) is 2.44. The largest absolute Gasteiger partial charge is 0.309 e. The first-order valence-corrected chi connectivity index (χ1v) is 22.4. The van der Waals surface area contributed by atoms with E-state index >= 15 is 0 Å². The normalized spacial score (nSPS) is 11.8. The van der Waals surface area contributed by atoms with Crippen LogP contribution in [0.4, 0.5) is 17.1 Å². The fraction of sp³-hybridized carbons (Fsp3) is 0. The molecule has 0 N–H and O–H groups in total. The van der Waals surface area contributed by atoms with Gasteiger partial charge in [0.1, 0.15) is 0 Å². The van der Waals surface area contributed by atoms with Gasteiger partial charge >= 0.3 is 0 Å². The second kappa shape index (κ2) is 14.3. The van der Waals surface area contributed by atoms with Gasteiger partial charge in [0.25, 0.3) is 0 Å². The van der Waals surface area contributed by atoms with E-state index in [0.29, 0.717) is 0 Å². The maximum atomic E-state index is 2.45. The highest BCUT2D eigenvalue weighted by Crippen LogP contribution is 2.47. The Hall–Kier alpha value is -7.98. The molecule has 0 spiro atoms. The van der Waals surface area contributed by atoms with Gasteiger partial charge in [-0.05, 0) is 104 Å². The van der Waals surface area contributed by atoms with Crippen molar-refractivity contribution in [3.63, 3.8) is 0 Å². The van der Waals surface area contributed by atoms with E-state index in [-0.39, 0.29) is 0 Å². The highest BCUT2D eigenvalue weighted by molar-refractivity contribution is 7.27. The fourth-order valence-electron chi connectivity index (χ4n) is 9.89. The number of fused-ring (bicyclic) bond motifs is 11. The number of thiophene rings is 1. The molecule has 63 heavy (non-hydrogen) atoms. The number of para-hydroxylation sites is 1. The van der Waals surface area contributed by atoms with E-state index in [4.69, 9.17) is 0 Å². The van der Waals surface area contributed by atoms with Crippen molar-refractivity contribution in [2.75, 3.05) is 4.90 Å². The first kappa shape index (κ1) is 35.7. The molecule has 0 bridgehead atoms. The molecule has 0 fully saturated rings. The van der Waals surface area contributed by atoms with Crippen molar-refractivity contribution in [2.45, 2.75) is 0 Å². The minimum atomic E-state index is 1.11. The molecule has 13 aromatic rings. The second-order valence-corrected chi connectivity index (χ2v) is 17.5. The number of nitrogens with zero attached hydrogens (tertiary/aromatic N) is 2. The molecule has 13 rings (SSSR count). The lowest BCUT2D eigenvalue weighted by Crippen LogP contribution is -2.10. The molecule has 11 aromatic carbocycles. The monoisotopic (exact) mass is 818 g/mol. The van der Waals surface area contributed by atoms with Gasteiger partial charge in [-0.1, -0.05) is 176 Å². The Balaban J connectivity index is 0.961. The third kappa shape index (κ3) is 5.78. The molecule has 0 atom stereocenters. The van der Waals surface area contributed by atoms with Crippen molar-refractivity contribution >= 4 is 103 Å². The second-order valence-electron chi connectivity index (χ2n) is 16.5. The van der Waals surface area contributed by atoms with Crippen LogP contribution >= 0.6 is 11.3 Å². The Bertz CT molecular complexity index is 3900. The maximum absolute atomic E-state index is 2.45. The molecule has 0 saturated heterocycles. The molecule has 0 aliphatic heterocycles. The molecule has 294 valence electrons. The lowest BCUT2D eigenvalue weighted by Gasteiger charge is -2.26. The van der Waals surface area contributed by atoms with E-state index in [9.17, 15) is 0 Å². The summed E-state index contributed by atoms with van der Waals surface area (Å²) < 4.78 is 5.05. The summed E-state index contributed by atoms with van der Waals surface area (Å²) >= 11 is 1.90. The number of rotatable bonds is 6. The smallest absolute Gasteiger partial charge is 0.0640 e. The lowest BCUT2D eigenvalue weighted by molar-refractivity contribution is 1.19. The van der Waals surface area contributed by atoms with Gasteiger partial charge in [0.2, 0.25) is 0 Å². The summed E-state index contributed by atoms with van der Waals surface area (Å²) in [5.74, 6) is 0. The Morgan fingerprint density at radius 3 is 1.59 bits per heavy atom. The highest BCUT2D eigenvalue weighted by atomic mass is 32.1. The summed E-state index contributed by atoms with van der Waals surface area (Å²) in [5.41, 5.74) is 11.8. The third-order valence-electron chi connectivity index (χ3n) is 12.9. The van der Waals surface area contributed by atoms with Gasteiger partial charge in [0.15, 0.2) is 0 Å². The van der Waals surface area contributed by atoms with E-state index in [1.165, 1.54) is 102 Å². The number of hydrogen-bond acceptors (Lipinski definition) is 2. The van der Waals surface area contributed by atoms with Gasteiger partial charge in [-0.2, -0.15) is 0 Å². The molecule has 0 saturated carbocycles. The van der Waals surface area contributed by atoms with Crippen LogP contribution < -0.4 is 4.90 Å². The van der Waals surface area contributed by atoms with E-state index in [0.717, 1.165) is 17.1 Å². The molecule has 0 radical (unpaired) electrons. The minimum absolute atomic E-state index is 1.11. The summed E-state index contributed by atoms with van der Waals surface area (Å²) in [6.45, 7) is 0. The average molecular weight is 819 g/mol. The Morgan fingerprint density at radius 2 is 0.841 bits per heavy atom. The topological polar surface area (TPSA) is 8.17 Å². The summed E-state index contributed by atoms with van der Waals surface area (Å²) in [7, 11) is 0. The van der Waals surface area contributed by atoms with Crippen LogP contribution in [0.15, 0.2) is 231 Å². The molecule has 0 aliphatic rings. The standard InChI is InChI=1S/C60H38N2S/c1-2-15-47(16-3-1)62-57-38-46(29-34-52(57)53-35-27-42-12-6-8-17-50(42)58(53)62)41-25-32-49(33-26-41)61(48-30-23-40(24-31-48)45-22-21-39-11-4-5-14-44(39)37-45)56-20-10-19-54-55-36-28-43-13-7-9-18-51(43)59(55)63-60(54)56/h1-38H. The van der Waals surface area contributed by atoms with Crippen LogP contribution in [0.3, 0.4) is 0 Å². The first-order chi connectivity index (χ1) is 31.2. The van der Waals surface area contributed by atoms with E-state index in [1.54, 1.807) is 0 Å². The summed E-state index contributed by atoms with van der Waals surface area (Å²) in [5, 5.41) is 12.7. The summed E-state index contributed by atoms with van der Waals surface area (Å²) in [6.07, 6.45) is 0. The van der Waals surface area contributed by atoms with Gasteiger partial charge in [-0.3, -0.25) is 0 Å². The third-order valence-corrected chi connectivity index (χ3v) is 14.2. The molecule has 2 heterocycles. The van der Waals surface area contributed by atoms with E-state index in [1.807, 2.05) is 11.3 Å². The molecular formula is C60H38N2S. The predicted octanol–water partition coefficient (Wildman–Crippen LogP) is 17.4. The van der Waals surface area contributed by atoms with Crippen molar-refractivity contribution in [1.29, 1.82) is 0 Å². The van der Waals surface area contributed by atoms with Gasteiger partial charge in [-0.25, -0.2) is 0 Å². The molecule has 0 unspecified atom stereocenters. The average Bonchev–Trinajstić information content (AvgIpc) is 3.91. The van der Waals surface area contributed by atoms with Crippen molar-refractivity contribution in [2.24, 2.45) is 0 Å². The number of benzene rings is 11. The zero-order valence-corrected chi connectivity index (χ0v) is 35.1. The van der Waals surface area contributed by atoms with Crippen molar-refractivity contribution in [1.82, 2.24) is 4.57 Å². The Kier molecular flexibility index (Phi) is 8.12.